The van der Waals surface area contributed by atoms with Gasteiger partial charge < -0.3 is 14.5 Å². The summed E-state index contributed by atoms with van der Waals surface area (Å²) in [6.45, 7) is 2.62. The first-order chi connectivity index (χ1) is 13.3. The van der Waals surface area contributed by atoms with Gasteiger partial charge in [-0.1, -0.05) is 48.5 Å². The minimum atomic E-state index is -0.667. The van der Waals surface area contributed by atoms with E-state index < -0.39 is 6.16 Å². The molecule has 0 fully saturated rings. The Balaban J connectivity index is 1.68. The van der Waals surface area contributed by atoms with Gasteiger partial charge in [-0.25, -0.2) is 4.79 Å². The van der Waals surface area contributed by atoms with Crippen LogP contribution in [0.3, 0.4) is 0 Å². The SMILES string of the molecule is COC(=O)OC/C=C/CN(Cc1ccccc1)Cc1cccc2[nH]ccc12. The van der Waals surface area contributed by atoms with Crippen molar-refractivity contribution in [1.82, 2.24) is 9.88 Å². The molecule has 0 saturated carbocycles. The van der Waals surface area contributed by atoms with E-state index in [4.69, 9.17) is 4.74 Å². The lowest BCUT2D eigenvalue weighted by molar-refractivity contribution is 0.0817. The van der Waals surface area contributed by atoms with Crippen molar-refractivity contribution in [2.45, 2.75) is 13.1 Å². The average Bonchev–Trinajstić information content (AvgIpc) is 3.18. The van der Waals surface area contributed by atoms with E-state index >= 15 is 0 Å². The van der Waals surface area contributed by atoms with E-state index in [2.05, 4.69) is 63.2 Å². The van der Waals surface area contributed by atoms with Crippen LogP contribution < -0.4 is 0 Å². The summed E-state index contributed by atoms with van der Waals surface area (Å²) in [6.07, 6.45) is 5.16. The molecule has 0 amide bonds. The number of hydrogen-bond donors (Lipinski definition) is 1. The highest BCUT2D eigenvalue weighted by Gasteiger charge is 2.09. The highest BCUT2D eigenvalue weighted by atomic mass is 16.7. The Hall–Kier alpha value is -3.05. The molecule has 0 atom stereocenters. The van der Waals surface area contributed by atoms with Gasteiger partial charge in [0.05, 0.1) is 7.11 Å². The number of fused-ring (bicyclic) bond motifs is 1. The number of nitrogens with one attached hydrogen (secondary N) is 1. The number of methoxy groups -OCH3 is 1. The predicted molar refractivity (Wildman–Crippen MR) is 106 cm³/mol. The van der Waals surface area contributed by atoms with E-state index in [1.807, 2.05) is 24.4 Å². The van der Waals surface area contributed by atoms with Crippen molar-refractivity contribution in [2.24, 2.45) is 0 Å². The lowest BCUT2D eigenvalue weighted by Crippen LogP contribution is -2.23. The topological polar surface area (TPSA) is 54.6 Å². The average molecular weight is 364 g/mol. The van der Waals surface area contributed by atoms with Crippen LogP contribution in [0, 0.1) is 0 Å². The number of nitrogens with zero attached hydrogens (tertiary/aromatic N) is 1. The number of rotatable bonds is 8. The summed E-state index contributed by atoms with van der Waals surface area (Å²) in [6, 6.07) is 18.9. The Morgan fingerprint density at radius 3 is 2.70 bits per heavy atom. The van der Waals surface area contributed by atoms with Crippen molar-refractivity contribution in [3.05, 3.63) is 84.1 Å². The van der Waals surface area contributed by atoms with Gasteiger partial charge in [0.15, 0.2) is 0 Å². The first-order valence-corrected chi connectivity index (χ1v) is 8.93. The van der Waals surface area contributed by atoms with Gasteiger partial charge in [-0.3, -0.25) is 4.90 Å². The summed E-state index contributed by atoms with van der Waals surface area (Å²) < 4.78 is 9.35. The predicted octanol–water partition coefficient (Wildman–Crippen LogP) is 4.51. The van der Waals surface area contributed by atoms with Crippen LogP contribution in [0.1, 0.15) is 11.1 Å². The van der Waals surface area contributed by atoms with E-state index in [9.17, 15) is 4.79 Å². The fraction of sp³-hybridized carbons (Fsp3) is 0.227. The second-order valence-corrected chi connectivity index (χ2v) is 6.25. The van der Waals surface area contributed by atoms with Crippen molar-refractivity contribution in [3.8, 4) is 0 Å². The lowest BCUT2D eigenvalue weighted by atomic mass is 10.1. The van der Waals surface area contributed by atoms with Crippen molar-refractivity contribution in [3.63, 3.8) is 0 Å². The monoisotopic (exact) mass is 364 g/mol. The number of aromatic amines is 1. The largest absolute Gasteiger partial charge is 0.508 e. The Morgan fingerprint density at radius 1 is 1.04 bits per heavy atom. The molecule has 0 bridgehead atoms. The molecule has 1 heterocycles. The number of carbonyl (C=O) groups is 1. The van der Waals surface area contributed by atoms with Gasteiger partial charge in [0.2, 0.25) is 0 Å². The van der Waals surface area contributed by atoms with Crippen LogP contribution in [0.4, 0.5) is 4.79 Å². The molecule has 27 heavy (non-hydrogen) atoms. The number of ether oxygens (including phenoxy) is 2. The molecule has 0 saturated heterocycles. The first kappa shape index (κ1) is 18.7. The van der Waals surface area contributed by atoms with Crippen molar-refractivity contribution in [2.75, 3.05) is 20.3 Å². The van der Waals surface area contributed by atoms with Crippen LogP contribution >= 0.6 is 0 Å². The molecule has 3 aromatic rings. The third-order valence-corrected chi connectivity index (χ3v) is 4.32. The summed E-state index contributed by atoms with van der Waals surface area (Å²) in [7, 11) is 1.30. The normalized spacial score (nSPS) is 11.3. The molecule has 2 aromatic carbocycles. The second kappa shape index (κ2) is 9.59. The van der Waals surface area contributed by atoms with Crippen LogP contribution in [0.2, 0.25) is 0 Å². The standard InChI is InChI=1S/C22H24N2O3/c1-26-22(25)27-15-6-5-14-24(16-18-8-3-2-4-9-18)17-19-10-7-11-21-20(19)12-13-23-21/h2-13,23H,14-17H2,1H3/b6-5+. The van der Waals surface area contributed by atoms with Gasteiger partial charge >= 0.3 is 6.16 Å². The van der Waals surface area contributed by atoms with Crippen LogP contribution in [0.25, 0.3) is 10.9 Å². The number of H-pyrrole nitrogens is 1. The van der Waals surface area contributed by atoms with Gasteiger partial charge in [-0.05, 0) is 29.3 Å². The fourth-order valence-electron chi connectivity index (χ4n) is 3.02. The summed E-state index contributed by atoms with van der Waals surface area (Å²) in [5.74, 6) is 0. The number of carbonyl (C=O) groups excluding carboxylic acids is 1. The van der Waals surface area contributed by atoms with Crippen LogP contribution in [0.15, 0.2) is 72.9 Å². The number of hydrogen-bond acceptors (Lipinski definition) is 4. The molecule has 1 aromatic heterocycles. The Kier molecular flexibility index (Phi) is 6.66. The number of benzene rings is 2. The first-order valence-electron chi connectivity index (χ1n) is 8.93. The summed E-state index contributed by atoms with van der Waals surface area (Å²) >= 11 is 0. The zero-order valence-corrected chi connectivity index (χ0v) is 15.4. The van der Waals surface area contributed by atoms with Gasteiger partial charge in [0.1, 0.15) is 6.61 Å². The van der Waals surface area contributed by atoms with Gasteiger partial charge in [-0.2, -0.15) is 0 Å². The highest BCUT2D eigenvalue weighted by Crippen LogP contribution is 2.20. The van der Waals surface area contributed by atoms with Gasteiger partial charge in [0, 0.05) is 36.7 Å². The molecule has 0 spiro atoms. The minimum Gasteiger partial charge on any atom is -0.438 e. The maximum Gasteiger partial charge on any atom is 0.508 e. The third kappa shape index (κ3) is 5.46. The molecule has 3 rings (SSSR count). The van der Waals surface area contributed by atoms with E-state index in [1.54, 1.807) is 0 Å². The zero-order chi connectivity index (χ0) is 18.9. The molecule has 0 aliphatic carbocycles. The van der Waals surface area contributed by atoms with Crippen molar-refractivity contribution in [1.29, 1.82) is 0 Å². The lowest BCUT2D eigenvalue weighted by Gasteiger charge is -2.21. The number of aromatic nitrogens is 1. The van der Waals surface area contributed by atoms with E-state index in [0.717, 1.165) is 25.2 Å². The third-order valence-electron chi connectivity index (χ3n) is 4.32. The molecular weight excluding hydrogens is 340 g/mol. The maximum atomic E-state index is 11.0. The fourth-order valence-corrected chi connectivity index (χ4v) is 3.02. The van der Waals surface area contributed by atoms with Crippen LogP contribution in [-0.4, -0.2) is 36.3 Å². The Labute approximate surface area is 159 Å². The molecule has 140 valence electrons. The Morgan fingerprint density at radius 2 is 1.89 bits per heavy atom. The maximum absolute atomic E-state index is 11.0. The molecule has 0 radical (unpaired) electrons. The summed E-state index contributed by atoms with van der Waals surface area (Å²) in [5, 5.41) is 1.24. The van der Waals surface area contributed by atoms with Crippen molar-refractivity contribution >= 4 is 17.1 Å². The molecule has 5 nitrogen and oxygen atoms in total. The van der Waals surface area contributed by atoms with Gasteiger partial charge in [-0.15, -0.1) is 0 Å². The molecular formula is C22H24N2O3. The van der Waals surface area contributed by atoms with Crippen LogP contribution in [-0.2, 0) is 22.6 Å². The van der Waals surface area contributed by atoms with E-state index in [1.165, 1.54) is 23.6 Å². The van der Waals surface area contributed by atoms with E-state index in [-0.39, 0.29) is 6.61 Å². The summed E-state index contributed by atoms with van der Waals surface area (Å²) in [4.78, 5) is 16.6. The van der Waals surface area contributed by atoms with Crippen LogP contribution in [0.5, 0.6) is 0 Å². The quantitative estimate of drug-likeness (QED) is 0.472. The van der Waals surface area contributed by atoms with E-state index in [0.29, 0.717) is 0 Å². The molecule has 1 N–H and O–H groups in total. The van der Waals surface area contributed by atoms with Gasteiger partial charge in [0.25, 0.3) is 0 Å². The van der Waals surface area contributed by atoms with Crippen molar-refractivity contribution < 1.29 is 14.3 Å². The summed E-state index contributed by atoms with van der Waals surface area (Å²) in [5.41, 5.74) is 3.69. The highest BCUT2D eigenvalue weighted by molar-refractivity contribution is 5.82. The second-order valence-electron chi connectivity index (χ2n) is 6.25. The Bertz CT molecular complexity index is 887. The molecule has 5 heteroatoms. The molecule has 0 aliphatic rings. The molecule has 0 unspecified atom stereocenters. The zero-order valence-electron chi connectivity index (χ0n) is 15.4. The minimum absolute atomic E-state index is 0.208. The molecule has 0 aliphatic heterocycles. The smallest absolute Gasteiger partial charge is 0.438 e.